The summed E-state index contributed by atoms with van der Waals surface area (Å²) in [6.45, 7) is 3.09. The Kier molecular flexibility index (Phi) is 5.25. The molecule has 0 atom stereocenters. The SMILES string of the molecule is CC(C)(CC(=O)c1ccc(-c2ccc(Nc3nc4ccccc4o3)cn2)cc1)C(=O)O. The predicted molar refractivity (Wildman–Crippen MR) is 117 cm³/mol. The number of carbonyl (C=O) groups is 2. The highest BCUT2D eigenvalue weighted by molar-refractivity contribution is 5.99. The number of anilines is 2. The Morgan fingerprint density at radius 1 is 1.03 bits per heavy atom. The lowest BCUT2D eigenvalue weighted by Crippen LogP contribution is -2.26. The molecule has 0 fully saturated rings. The van der Waals surface area contributed by atoms with Gasteiger partial charge in [-0.1, -0.05) is 36.4 Å². The Morgan fingerprint density at radius 3 is 2.42 bits per heavy atom. The number of para-hydroxylation sites is 2. The van der Waals surface area contributed by atoms with E-state index in [1.807, 2.05) is 36.4 Å². The van der Waals surface area contributed by atoms with E-state index in [1.54, 1.807) is 44.3 Å². The van der Waals surface area contributed by atoms with Crippen molar-refractivity contribution in [3.8, 4) is 11.3 Å². The number of nitrogens with one attached hydrogen (secondary N) is 1. The molecule has 2 N–H and O–H groups in total. The summed E-state index contributed by atoms with van der Waals surface area (Å²) in [6, 6.07) is 18.6. The third-order valence-corrected chi connectivity index (χ3v) is 4.99. The fourth-order valence-electron chi connectivity index (χ4n) is 3.09. The van der Waals surface area contributed by atoms with E-state index in [-0.39, 0.29) is 12.2 Å². The van der Waals surface area contributed by atoms with Crippen molar-refractivity contribution in [1.82, 2.24) is 9.97 Å². The second-order valence-corrected chi connectivity index (χ2v) is 7.91. The van der Waals surface area contributed by atoms with Crippen LogP contribution in [0.1, 0.15) is 30.6 Å². The van der Waals surface area contributed by atoms with E-state index in [0.717, 1.165) is 22.5 Å². The molecule has 7 heteroatoms. The van der Waals surface area contributed by atoms with Crippen molar-refractivity contribution in [3.63, 3.8) is 0 Å². The Labute approximate surface area is 178 Å². The van der Waals surface area contributed by atoms with E-state index in [0.29, 0.717) is 17.2 Å². The molecule has 4 aromatic rings. The summed E-state index contributed by atoms with van der Waals surface area (Å²) >= 11 is 0. The summed E-state index contributed by atoms with van der Waals surface area (Å²) in [4.78, 5) is 32.5. The molecule has 0 aliphatic rings. The lowest BCUT2D eigenvalue weighted by Gasteiger charge is -2.17. The topological polar surface area (TPSA) is 105 Å². The lowest BCUT2D eigenvalue weighted by atomic mass is 9.85. The molecular formula is C24H21N3O4. The molecule has 0 aliphatic heterocycles. The molecule has 0 saturated heterocycles. The van der Waals surface area contributed by atoms with Gasteiger partial charge < -0.3 is 14.8 Å². The number of ketones is 1. The smallest absolute Gasteiger partial charge is 0.309 e. The van der Waals surface area contributed by atoms with Gasteiger partial charge in [-0.25, -0.2) is 0 Å². The Morgan fingerprint density at radius 2 is 1.77 bits per heavy atom. The number of aliphatic carboxylic acids is 1. The minimum atomic E-state index is -1.10. The van der Waals surface area contributed by atoms with Crippen molar-refractivity contribution in [3.05, 3.63) is 72.4 Å². The van der Waals surface area contributed by atoms with Crippen LogP contribution in [0, 0.1) is 5.41 Å². The van der Waals surface area contributed by atoms with Gasteiger partial charge in [-0.2, -0.15) is 4.98 Å². The van der Waals surface area contributed by atoms with Crippen LogP contribution in [-0.2, 0) is 4.79 Å². The number of oxazole rings is 1. The first-order valence-electron chi connectivity index (χ1n) is 9.77. The predicted octanol–water partition coefficient (Wildman–Crippen LogP) is 5.32. The lowest BCUT2D eigenvalue weighted by molar-refractivity contribution is -0.146. The number of nitrogens with zero attached hydrogens (tertiary/aromatic N) is 2. The first kappa shape index (κ1) is 20.3. The van der Waals surface area contributed by atoms with E-state index in [4.69, 9.17) is 4.42 Å². The van der Waals surface area contributed by atoms with Crippen LogP contribution in [0.3, 0.4) is 0 Å². The molecule has 0 aliphatic carbocycles. The van der Waals surface area contributed by atoms with Gasteiger partial charge in [0.05, 0.1) is 23.0 Å². The number of Topliss-reactive ketones (excluding diaryl/α,β-unsaturated/α-hetero) is 1. The number of aromatic nitrogens is 2. The van der Waals surface area contributed by atoms with Gasteiger partial charge in [0.25, 0.3) is 6.01 Å². The molecule has 7 nitrogen and oxygen atoms in total. The largest absolute Gasteiger partial charge is 0.481 e. The van der Waals surface area contributed by atoms with Gasteiger partial charge in [-0.15, -0.1) is 0 Å². The molecular weight excluding hydrogens is 394 g/mol. The second kappa shape index (κ2) is 8.02. The molecule has 0 spiro atoms. The third kappa shape index (κ3) is 4.45. The highest BCUT2D eigenvalue weighted by Crippen LogP contribution is 2.26. The first-order chi connectivity index (χ1) is 14.8. The normalized spacial score (nSPS) is 11.4. The molecule has 0 radical (unpaired) electrons. The average molecular weight is 415 g/mol. The summed E-state index contributed by atoms with van der Waals surface area (Å²) < 4.78 is 5.65. The molecule has 0 saturated carbocycles. The summed E-state index contributed by atoms with van der Waals surface area (Å²) in [5, 5.41) is 12.3. The van der Waals surface area contributed by atoms with Crippen molar-refractivity contribution in [2.45, 2.75) is 20.3 Å². The van der Waals surface area contributed by atoms with Crippen molar-refractivity contribution in [2.24, 2.45) is 5.41 Å². The number of carbonyl (C=O) groups excluding carboxylic acids is 1. The summed E-state index contributed by atoms with van der Waals surface area (Å²) in [6.07, 6.45) is 1.62. The number of hydrogen-bond donors (Lipinski definition) is 2. The maximum absolute atomic E-state index is 12.4. The second-order valence-electron chi connectivity index (χ2n) is 7.91. The van der Waals surface area contributed by atoms with Crippen LogP contribution in [0.5, 0.6) is 0 Å². The van der Waals surface area contributed by atoms with Gasteiger partial charge in [-0.05, 0) is 38.1 Å². The molecule has 0 amide bonds. The van der Waals surface area contributed by atoms with Crippen LogP contribution in [-0.4, -0.2) is 26.8 Å². The van der Waals surface area contributed by atoms with Crippen LogP contribution in [0.15, 0.2) is 71.3 Å². The number of fused-ring (bicyclic) bond motifs is 1. The molecule has 4 rings (SSSR count). The maximum atomic E-state index is 12.4. The van der Waals surface area contributed by atoms with Gasteiger partial charge in [0.1, 0.15) is 5.52 Å². The number of carboxylic acids is 1. The van der Waals surface area contributed by atoms with Crippen molar-refractivity contribution >= 4 is 34.6 Å². The number of rotatable bonds is 7. The number of benzene rings is 2. The standard InChI is InChI=1S/C24H21N3O4/c1-24(2,22(29)30)13-20(28)16-9-7-15(8-10-16)18-12-11-17(14-25-18)26-23-27-19-5-3-4-6-21(19)31-23/h3-12,14H,13H2,1-2H3,(H,26,27)(H,29,30). The van der Waals surface area contributed by atoms with E-state index >= 15 is 0 Å². The highest BCUT2D eigenvalue weighted by Gasteiger charge is 2.30. The van der Waals surface area contributed by atoms with Crippen LogP contribution in [0.25, 0.3) is 22.4 Å². The highest BCUT2D eigenvalue weighted by atomic mass is 16.4. The number of carboxylic acid groups (broad SMARTS) is 1. The molecule has 0 unspecified atom stereocenters. The molecule has 156 valence electrons. The van der Waals surface area contributed by atoms with Gasteiger partial charge >= 0.3 is 5.97 Å². The summed E-state index contributed by atoms with van der Waals surface area (Å²) in [5.41, 5.74) is 3.18. The molecule has 0 bridgehead atoms. The van der Waals surface area contributed by atoms with E-state index in [1.165, 1.54) is 0 Å². The van der Waals surface area contributed by atoms with Crippen molar-refractivity contribution < 1.29 is 19.1 Å². The number of hydrogen-bond acceptors (Lipinski definition) is 6. The van der Waals surface area contributed by atoms with Crippen molar-refractivity contribution in [2.75, 3.05) is 5.32 Å². The molecule has 2 heterocycles. The Hall–Kier alpha value is -4.00. The molecule has 2 aromatic carbocycles. The van der Waals surface area contributed by atoms with Gasteiger partial charge in [0.2, 0.25) is 0 Å². The van der Waals surface area contributed by atoms with Crippen LogP contribution in [0.2, 0.25) is 0 Å². The van der Waals surface area contributed by atoms with Crippen LogP contribution < -0.4 is 5.32 Å². The first-order valence-corrected chi connectivity index (χ1v) is 9.77. The summed E-state index contributed by atoms with van der Waals surface area (Å²) in [7, 11) is 0. The third-order valence-electron chi connectivity index (χ3n) is 4.99. The van der Waals surface area contributed by atoms with E-state index in [2.05, 4.69) is 15.3 Å². The minimum Gasteiger partial charge on any atom is -0.481 e. The van der Waals surface area contributed by atoms with Gasteiger partial charge in [-0.3, -0.25) is 14.6 Å². The minimum absolute atomic E-state index is 0.0594. The quantitative estimate of drug-likeness (QED) is 0.394. The number of pyridine rings is 1. The molecule has 31 heavy (non-hydrogen) atoms. The van der Waals surface area contributed by atoms with Crippen molar-refractivity contribution in [1.29, 1.82) is 0 Å². The maximum Gasteiger partial charge on any atom is 0.309 e. The van der Waals surface area contributed by atoms with E-state index in [9.17, 15) is 14.7 Å². The van der Waals surface area contributed by atoms with Gasteiger partial charge in [0.15, 0.2) is 11.4 Å². The Balaban J connectivity index is 1.45. The zero-order valence-corrected chi connectivity index (χ0v) is 17.1. The monoisotopic (exact) mass is 415 g/mol. The fraction of sp³-hybridized carbons (Fsp3) is 0.167. The fourth-order valence-corrected chi connectivity index (χ4v) is 3.09. The van der Waals surface area contributed by atoms with Crippen LogP contribution >= 0.6 is 0 Å². The average Bonchev–Trinajstić information content (AvgIpc) is 3.16. The van der Waals surface area contributed by atoms with E-state index < -0.39 is 11.4 Å². The zero-order chi connectivity index (χ0) is 22.0. The Bertz CT molecular complexity index is 1210. The zero-order valence-electron chi connectivity index (χ0n) is 17.1. The molecule has 2 aromatic heterocycles. The van der Waals surface area contributed by atoms with Crippen LogP contribution in [0.4, 0.5) is 11.7 Å². The van der Waals surface area contributed by atoms with Gasteiger partial charge in [0, 0.05) is 17.5 Å². The summed E-state index contributed by atoms with van der Waals surface area (Å²) in [5.74, 6) is -1.20.